The minimum atomic E-state index is 0.558. The van der Waals surface area contributed by atoms with Crippen LogP contribution in [0.3, 0.4) is 0 Å². The fraction of sp³-hybridized carbons (Fsp3) is 0.200. The standard InChI is InChI=1S/C10H10S2/c1-8(9-2-4-11-6-9)10-3-5-12-7-10/h2-8H,1H3. The van der Waals surface area contributed by atoms with Gasteiger partial charge < -0.3 is 0 Å². The van der Waals surface area contributed by atoms with Crippen molar-refractivity contribution in [1.82, 2.24) is 0 Å². The molecule has 12 heavy (non-hydrogen) atoms. The molecule has 2 heterocycles. The summed E-state index contributed by atoms with van der Waals surface area (Å²) in [5.41, 5.74) is 2.86. The zero-order valence-corrected chi connectivity index (χ0v) is 8.49. The molecule has 62 valence electrons. The molecule has 0 aromatic carbocycles. The summed E-state index contributed by atoms with van der Waals surface area (Å²) in [6.07, 6.45) is 0. The van der Waals surface area contributed by atoms with E-state index in [-0.39, 0.29) is 0 Å². The maximum atomic E-state index is 2.25. The molecule has 0 unspecified atom stereocenters. The highest BCUT2D eigenvalue weighted by atomic mass is 32.1. The summed E-state index contributed by atoms with van der Waals surface area (Å²) in [5, 5.41) is 8.72. The highest BCUT2D eigenvalue weighted by Crippen LogP contribution is 2.26. The molecule has 0 N–H and O–H groups in total. The SMILES string of the molecule is CC(c1ccsc1)c1ccsc1. The Morgan fingerprint density at radius 1 is 1.00 bits per heavy atom. The lowest BCUT2D eigenvalue weighted by molar-refractivity contribution is 0.936. The number of hydrogen-bond donors (Lipinski definition) is 0. The zero-order valence-electron chi connectivity index (χ0n) is 6.86. The van der Waals surface area contributed by atoms with Gasteiger partial charge in [-0.1, -0.05) is 6.92 Å². The van der Waals surface area contributed by atoms with E-state index in [0.29, 0.717) is 5.92 Å². The molecule has 0 aliphatic rings. The molecular weight excluding hydrogens is 184 g/mol. The van der Waals surface area contributed by atoms with Gasteiger partial charge >= 0.3 is 0 Å². The van der Waals surface area contributed by atoms with Gasteiger partial charge in [-0.15, -0.1) is 0 Å². The van der Waals surface area contributed by atoms with Crippen LogP contribution in [0.5, 0.6) is 0 Å². The summed E-state index contributed by atoms with van der Waals surface area (Å²) in [6.45, 7) is 2.25. The Morgan fingerprint density at radius 3 is 1.83 bits per heavy atom. The second-order valence-electron chi connectivity index (χ2n) is 2.84. The van der Waals surface area contributed by atoms with Crippen LogP contribution in [-0.4, -0.2) is 0 Å². The number of rotatable bonds is 2. The molecule has 0 nitrogen and oxygen atoms in total. The van der Waals surface area contributed by atoms with E-state index in [1.165, 1.54) is 11.1 Å². The molecule has 2 rings (SSSR count). The van der Waals surface area contributed by atoms with E-state index in [0.717, 1.165) is 0 Å². The lowest BCUT2D eigenvalue weighted by Gasteiger charge is -2.05. The van der Waals surface area contributed by atoms with Gasteiger partial charge in [0.2, 0.25) is 0 Å². The smallest absolute Gasteiger partial charge is 0.00774 e. The van der Waals surface area contributed by atoms with Gasteiger partial charge in [-0.05, 0) is 44.8 Å². The van der Waals surface area contributed by atoms with Gasteiger partial charge in [0, 0.05) is 5.92 Å². The van der Waals surface area contributed by atoms with Crippen molar-refractivity contribution in [2.45, 2.75) is 12.8 Å². The molecule has 0 amide bonds. The Balaban J connectivity index is 2.27. The average molecular weight is 194 g/mol. The van der Waals surface area contributed by atoms with Crippen LogP contribution in [-0.2, 0) is 0 Å². The normalized spacial score (nSPS) is 10.8. The van der Waals surface area contributed by atoms with Crippen molar-refractivity contribution in [2.75, 3.05) is 0 Å². The fourth-order valence-electron chi connectivity index (χ4n) is 1.24. The minimum absolute atomic E-state index is 0.558. The minimum Gasteiger partial charge on any atom is -0.152 e. The second-order valence-corrected chi connectivity index (χ2v) is 4.40. The molecular formula is C10H10S2. The van der Waals surface area contributed by atoms with Crippen molar-refractivity contribution in [2.24, 2.45) is 0 Å². The monoisotopic (exact) mass is 194 g/mol. The Hall–Kier alpha value is -0.600. The third-order valence-electron chi connectivity index (χ3n) is 2.09. The molecule has 0 atom stereocenters. The average Bonchev–Trinajstić information content (AvgIpc) is 2.77. The van der Waals surface area contributed by atoms with Crippen LogP contribution in [0.15, 0.2) is 33.7 Å². The summed E-state index contributed by atoms with van der Waals surface area (Å²) < 4.78 is 0. The van der Waals surface area contributed by atoms with Crippen molar-refractivity contribution in [1.29, 1.82) is 0 Å². The van der Waals surface area contributed by atoms with E-state index >= 15 is 0 Å². The van der Waals surface area contributed by atoms with E-state index in [2.05, 4.69) is 40.6 Å². The van der Waals surface area contributed by atoms with Crippen LogP contribution in [0, 0.1) is 0 Å². The van der Waals surface area contributed by atoms with Crippen molar-refractivity contribution in [3.05, 3.63) is 44.8 Å². The first-order valence-electron chi connectivity index (χ1n) is 3.92. The van der Waals surface area contributed by atoms with Gasteiger partial charge in [-0.2, -0.15) is 22.7 Å². The van der Waals surface area contributed by atoms with E-state index in [1.807, 2.05) is 0 Å². The van der Waals surface area contributed by atoms with Crippen molar-refractivity contribution in [3.8, 4) is 0 Å². The van der Waals surface area contributed by atoms with Gasteiger partial charge in [0.1, 0.15) is 0 Å². The number of thiophene rings is 2. The molecule has 0 bridgehead atoms. The van der Waals surface area contributed by atoms with Crippen LogP contribution in [0.1, 0.15) is 24.0 Å². The largest absolute Gasteiger partial charge is 0.152 e. The highest BCUT2D eigenvalue weighted by molar-refractivity contribution is 7.08. The second kappa shape index (κ2) is 3.42. The lowest BCUT2D eigenvalue weighted by Crippen LogP contribution is -1.90. The molecule has 0 radical (unpaired) electrons. The van der Waals surface area contributed by atoms with Gasteiger partial charge in [0.15, 0.2) is 0 Å². The van der Waals surface area contributed by atoms with Crippen LogP contribution >= 0.6 is 22.7 Å². The molecule has 2 aromatic rings. The Kier molecular flexibility index (Phi) is 2.28. The molecule has 0 aliphatic carbocycles. The van der Waals surface area contributed by atoms with Crippen molar-refractivity contribution < 1.29 is 0 Å². The first-order valence-corrected chi connectivity index (χ1v) is 5.80. The third kappa shape index (κ3) is 1.45. The maximum Gasteiger partial charge on any atom is 0.00774 e. The van der Waals surface area contributed by atoms with Gasteiger partial charge in [-0.3, -0.25) is 0 Å². The van der Waals surface area contributed by atoms with Gasteiger partial charge in [0.05, 0.1) is 0 Å². The summed E-state index contributed by atoms with van der Waals surface area (Å²) in [5.74, 6) is 0.558. The summed E-state index contributed by atoms with van der Waals surface area (Å²) in [4.78, 5) is 0. The maximum absolute atomic E-state index is 2.25. The first-order chi connectivity index (χ1) is 5.88. The topological polar surface area (TPSA) is 0 Å². The Morgan fingerprint density at radius 2 is 1.50 bits per heavy atom. The summed E-state index contributed by atoms with van der Waals surface area (Å²) >= 11 is 3.54. The van der Waals surface area contributed by atoms with Crippen LogP contribution in [0.4, 0.5) is 0 Å². The quantitative estimate of drug-likeness (QED) is 0.679. The molecule has 0 saturated heterocycles. The molecule has 2 aromatic heterocycles. The predicted octanol–water partition coefficient (Wildman–Crippen LogP) is 3.96. The Labute approximate surface area is 80.5 Å². The van der Waals surface area contributed by atoms with Crippen LogP contribution in [0.25, 0.3) is 0 Å². The predicted molar refractivity (Wildman–Crippen MR) is 56.2 cm³/mol. The van der Waals surface area contributed by atoms with E-state index in [1.54, 1.807) is 22.7 Å². The fourth-order valence-corrected chi connectivity index (χ4v) is 2.74. The van der Waals surface area contributed by atoms with E-state index in [4.69, 9.17) is 0 Å². The van der Waals surface area contributed by atoms with Crippen molar-refractivity contribution in [3.63, 3.8) is 0 Å². The number of hydrogen-bond acceptors (Lipinski definition) is 2. The molecule has 0 saturated carbocycles. The summed E-state index contributed by atoms with van der Waals surface area (Å²) in [6, 6.07) is 4.40. The lowest BCUT2D eigenvalue weighted by atomic mass is 9.99. The molecule has 0 aliphatic heterocycles. The van der Waals surface area contributed by atoms with Gasteiger partial charge in [0.25, 0.3) is 0 Å². The van der Waals surface area contributed by atoms with E-state index in [9.17, 15) is 0 Å². The molecule has 0 spiro atoms. The first kappa shape index (κ1) is 8.02. The summed E-state index contributed by atoms with van der Waals surface area (Å²) in [7, 11) is 0. The van der Waals surface area contributed by atoms with Crippen molar-refractivity contribution >= 4 is 22.7 Å². The third-order valence-corrected chi connectivity index (χ3v) is 3.49. The van der Waals surface area contributed by atoms with Crippen LogP contribution < -0.4 is 0 Å². The Bertz CT molecular complexity index is 284. The zero-order chi connectivity index (χ0) is 8.39. The van der Waals surface area contributed by atoms with Crippen LogP contribution in [0.2, 0.25) is 0 Å². The van der Waals surface area contributed by atoms with Gasteiger partial charge in [-0.25, -0.2) is 0 Å². The molecule has 2 heteroatoms. The van der Waals surface area contributed by atoms with E-state index < -0.39 is 0 Å². The highest BCUT2D eigenvalue weighted by Gasteiger charge is 2.07. The molecule has 0 fully saturated rings.